The Morgan fingerprint density at radius 3 is 0.643 bits per heavy atom. The van der Waals surface area contributed by atoms with Crippen LogP contribution in [0.25, 0.3) is 0 Å². The number of hydrogen-bond donors (Lipinski definition) is 0. The molecule has 0 saturated heterocycles. The molecular formula is C14H58. The van der Waals surface area contributed by atoms with Gasteiger partial charge in [-0.3, -0.25) is 0 Å². The highest BCUT2D eigenvalue weighted by atomic mass is 13.7. The van der Waals surface area contributed by atoms with E-state index in [1.54, 1.807) is 0 Å². The molecule has 0 nitrogen and oxygen atoms in total. The average molecular weight is 227 g/mol. The lowest BCUT2D eigenvalue weighted by molar-refractivity contribution is 0.772. The molecule has 0 rings (SSSR count). The van der Waals surface area contributed by atoms with E-state index in [1.165, 1.54) is 19.3 Å². The molecule has 0 atom stereocenters. The van der Waals surface area contributed by atoms with E-state index in [2.05, 4.69) is 13.8 Å². The van der Waals surface area contributed by atoms with Crippen molar-refractivity contribution in [1.29, 1.82) is 0 Å². The predicted molar refractivity (Wildman–Crippen MR) is 96.3 cm³/mol. The summed E-state index contributed by atoms with van der Waals surface area (Å²) >= 11 is 0. The molecule has 0 aromatic heterocycles. The third-order valence-corrected chi connectivity index (χ3v) is 0.707. The molecule has 0 radical (unpaired) electrons. The fraction of sp³-hybridized carbons (Fsp3) is 1.00. The lowest BCUT2D eigenvalue weighted by Crippen LogP contribution is -1.59. The summed E-state index contributed by atoms with van der Waals surface area (Å²) < 4.78 is 0. The highest BCUT2D eigenvalue weighted by Crippen LogP contribution is 1.88. The van der Waals surface area contributed by atoms with Gasteiger partial charge in [-0.2, -0.15) is 0 Å². The average Bonchev–Trinajstić information content (AvgIpc) is 1.41. The maximum Gasteiger partial charge on any atom is 0 e. The Balaban J connectivity index is -0.000000000879. The zero-order valence-electron chi connectivity index (χ0n) is 4.12. The maximum atomic E-state index is 2.21. The Kier molecular flexibility index (Phi) is 2200. The molecule has 0 bridgehead atoms. The van der Waals surface area contributed by atoms with Crippen LogP contribution in [-0.2, 0) is 0 Å². The Hall–Kier alpha value is 0. The second-order valence-electron chi connectivity index (χ2n) is 1.35. The van der Waals surface area contributed by atoms with Gasteiger partial charge in [0, 0.05) is 7.13 Å². The molecule has 0 aliphatic rings. The Bertz CT molecular complexity index is 23.3. The third-order valence-electron chi connectivity index (χ3n) is 0.707. The Morgan fingerprint density at radius 2 is 0.643 bits per heavy atom. The summed E-state index contributed by atoms with van der Waals surface area (Å²) in [6.07, 6.45) is 4.08. The van der Waals surface area contributed by atoms with Crippen LogP contribution in [0.3, 0.4) is 0 Å². The van der Waals surface area contributed by atoms with Crippen molar-refractivity contribution in [2.45, 2.75) is 99.9 Å². The van der Waals surface area contributed by atoms with Crippen molar-refractivity contribution in [2.75, 3.05) is 0 Å². The molecule has 0 unspecified atom stereocenters. The first-order valence-corrected chi connectivity index (χ1v) is 2.41. The van der Waals surface area contributed by atoms with Gasteiger partial charge in [-0.25, -0.2) is 0 Å². The summed E-state index contributed by atoms with van der Waals surface area (Å²) in [5, 5.41) is 0. The maximum absolute atomic E-state index is 2.21. The van der Waals surface area contributed by atoms with Gasteiger partial charge in [0.05, 0.1) is 0 Å². The van der Waals surface area contributed by atoms with Crippen LogP contribution in [-0.4, -0.2) is 0 Å². The predicted octanol–water partition coefficient (Wildman–Crippen LogP) is 9.15. The minimum absolute atomic E-state index is 0. The minimum atomic E-state index is 0. The molecular weight excluding hydrogens is 168 g/mol. The number of unbranched alkanes of at least 4 members (excludes halogenated alkanes) is 2. The van der Waals surface area contributed by atoms with Crippen LogP contribution < -0.4 is 0 Å². The Labute approximate surface area is 108 Å². The summed E-state index contributed by atoms with van der Waals surface area (Å²) in [4.78, 5) is 0. The standard InChI is InChI=1S/C5H12.9CH4.5H2/c1-3-5-4-2;;;;;;;;;;;;;;/h3-5H2,1-2H3;9*1H4;5*1H. The fourth-order valence-corrected chi connectivity index (χ4v) is 0.354. The summed E-state index contributed by atoms with van der Waals surface area (Å²) in [7, 11) is 0. The first-order valence-electron chi connectivity index (χ1n) is 2.41. The summed E-state index contributed by atoms with van der Waals surface area (Å²) in [6, 6.07) is 0. The van der Waals surface area contributed by atoms with Crippen molar-refractivity contribution in [3.05, 3.63) is 0 Å². The zero-order chi connectivity index (χ0) is 4.12. The third kappa shape index (κ3) is 363. The summed E-state index contributed by atoms with van der Waals surface area (Å²) in [5.74, 6) is 0. The van der Waals surface area contributed by atoms with Crippen molar-refractivity contribution in [3.8, 4) is 0 Å². The number of rotatable bonds is 2. The van der Waals surface area contributed by atoms with Crippen LogP contribution in [0.4, 0.5) is 0 Å². The second-order valence-corrected chi connectivity index (χ2v) is 1.35. The van der Waals surface area contributed by atoms with E-state index in [-0.39, 0.29) is 74.0 Å². The molecule has 0 saturated carbocycles. The molecule has 0 N–H and O–H groups in total. The molecule has 0 heterocycles. The van der Waals surface area contributed by atoms with Gasteiger partial charge < -0.3 is 0 Å². The van der Waals surface area contributed by atoms with Crippen LogP contribution in [0, 0.1) is 0 Å². The quantitative estimate of drug-likeness (QED) is 0.440. The van der Waals surface area contributed by atoms with Gasteiger partial charge >= 0.3 is 0 Å². The highest BCUT2D eigenvalue weighted by molar-refractivity contribution is 4.24. The monoisotopic (exact) mass is 226 g/mol. The van der Waals surface area contributed by atoms with E-state index >= 15 is 0 Å². The van der Waals surface area contributed by atoms with Crippen molar-refractivity contribution >= 4 is 0 Å². The van der Waals surface area contributed by atoms with Gasteiger partial charge in [-0.15, -0.1) is 0 Å². The van der Waals surface area contributed by atoms with E-state index in [1.807, 2.05) is 0 Å². The van der Waals surface area contributed by atoms with Crippen LogP contribution in [0.1, 0.15) is 107 Å². The normalized spacial score (nSPS) is 3.00. The van der Waals surface area contributed by atoms with Crippen LogP contribution in [0.2, 0.25) is 0 Å². The molecule has 14 heavy (non-hydrogen) atoms. The van der Waals surface area contributed by atoms with Crippen LogP contribution >= 0.6 is 0 Å². The fourth-order valence-electron chi connectivity index (χ4n) is 0.354. The summed E-state index contributed by atoms with van der Waals surface area (Å²) in [6.45, 7) is 4.42. The first-order chi connectivity index (χ1) is 2.41. The second kappa shape index (κ2) is 208. The molecule has 0 amide bonds. The van der Waals surface area contributed by atoms with Crippen molar-refractivity contribution in [2.24, 2.45) is 0 Å². The van der Waals surface area contributed by atoms with E-state index in [0.29, 0.717) is 0 Å². The molecule has 0 aromatic rings. The molecule has 0 aliphatic heterocycles. The largest absolute Gasteiger partial charge is 0.0776 e. The molecule has 0 heteroatoms. The molecule has 0 aromatic carbocycles. The van der Waals surface area contributed by atoms with Crippen molar-refractivity contribution < 1.29 is 7.13 Å². The molecule has 114 valence electrons. The van der Waals surface area contributed by atoms with Crippen LogP contribution in [0.15, 0.2) is 0 Å². The smallest absolute Gasteiger partial charge is 0 e. The van der Waals surface area contributed by atoms with Gasteiger partial charge in [-0.1, -0.05) is 99.9 Å². The van der Waals surface area contributed by atoms with Gasteiger partial charge in [-0.05, 0) is 0 Å². The van der Waals surface area contributed by atoms with Crippen molar-refractivity contribution in [1.82, 2.24) is 0 Å². The van der Waals surface area contributed by atoms with Crippen LogP contribution in [0.5, 0.6) is 0 Å². The van der Waals surface area contributed by atoms with Crippen molar-refractivity contribution in [3.63, 3.8) is 0 Å². The van der Waals surface area contributed by atoms with E-state index < -0.39 is 0 Å². The van der Waals surface area contributed by atoms with Gasteiger partial charge in [0.15, 0.2) is 0 Å². The lowest BCUT2D eigenvalue weighted by atomic mass is 10.3. The minimum Gasteiger partial charge on any atom is -0.0776 e. The highest BCUT2D eigenvalue weighted by Gasteiger charge is 1.68. The zero-order valence-corrected chi connectivity index (χ0v) is 4.12. The van der Waals surface area contributed by atoms with Gasteiger partial charge in [0.25, 0.3) is 0 Å². The topological polar surface area (TPSA) is 0 Å². The van der Waals surface area contributed by atoms with E-state index in [4.69, 9.17) is 0 Å². The lowest BCUT2D eigenvalue weighted by Gasteiger charge is -1.79. The van der Waals surface area contributed by atoms with Gasteiger partial charge in [0.1, 0.15) is 0 Å². The molecule has 0 fully saturated rings. The van der Waals surface area contributed by atoms with E-state index in [0.717, 1.165) is 0 Å². The number of hydrogen-bond acceptors (Lipinski definition) is 0. The molecule has 0 aliphatic carbocycles. The first kappa shape index (κ1) is 148. The SMILES string of the molecule is C.C.C.C.C.C.C.C.C.CCCCC.[HH].[HH].[HH].[HH].[HH]. The summed E-state index contributed by atoms with van der Waals surface area (Å²) in [5.41, 5.74) is 0. The Morgan fingerprint density at radius 1 is 0.500 bits per heavy atom. The van der Waals surface area contributed by atoms with E-state index in [9.17, 15) is 0 Å². The molecule has 0 spiro atoms. The van der Waals surface area contributed by atoms with Gasteiger partial charge in [0.2, 0.25) is 0 Å².